The normalized spacial score (nSPS) is 18.9. The summed E-state index contributed by atoms with van der Waals surface area (Å²) in [6, 6.07) is 1.80. The summed E-state index contributed by atoms with van der Waals surface area (Å²) in [5.74, 6) is 0. The molecule has 0 unspecified atom stereocenters. The van der Waals surface area contributed by atoms with Crippen LogP contribution in [0.3, 0.4) is 0 Å². The van der Waals surface area contributed by atoms with Gasteiger partial charge >= 0.3 is 12.4 Å². The predicted octanol–water partition coefficient (Wildman–Crippen LogP) is 4.26. The summed E-state index contributed by atoms with van der Waals surface area (Å²) < 4.78 is 77.4. The number of piperazine rings is 1. The molecule has 0 bridgehead atoms. The Bertz CT molecular complexity index is 537. The van der Waals surface area contributed by atoms with Gasteiger partial charge in [-0.3, -0.25) is 4.90 Å². The van der Waals surface area contributed by atoms with E-state index in [1.165, 1.54) is 6.07 Å². The third-order valence-electron chi connectivity index (χ3n) is 3.70. The highest BCUT2D eigenvalue weighted by Crippen LogP contribution is 2.39. The molecule has 0 radical (unpaired) electrons. The first-order valence-corrected chi connectivity index (χ1v) is 7.34. The molecule has 130 valence electrons. The Labute approximate surface area is 134 Å². The summed E-state index contributed by atoms with van der Waals surface area (Å²) in [5.41, 5.74) is -1.14. The van der Waals surface area contributed by atoms with E-state index in [0.717, 1.165) is 12.1 Å². The molecule has 1 atom stereocenters. The number of hydrogen-bond donors (Lipinski definition) is 1. The zero-order chi connectivity index (χ0) is 17.3. The molecule has 9 heteroatoms. The zero-order valence-electron chi connectivity index (χ0n) is 11.9. The highest BCUT2D eigenvalue weighted by Gasteiger charge is 2.38. The lowest BCUT2D eigenvalue weighted by atomic mass is 9.98. The SMILES string of the molecule is FC(F)(F)C[C@H](c1ccc(Cl)c(C(F)(F)F)c1)N1CCNCC1. The first-order valence-electron chi connectivity index (χ1n) is 6.96. The monoisotopic (exact) mass is 360 g/mol. The van der Waals surface area contributed by atoms with Crippen molar-refractivity contribution in [3.05, 3.63) is 34.3 Å². The van der Waals surface area contributed by atoms with E-state index in [-0.39, 0.29) is 5.56 Å². The first-order chi connectivity index (χ1) is 10.6. The summed E-state index contributed by atoms with van der Waals surface area (Å²) in [7, 11) is 0. The highest BCUT2D eigenvalue weighted by atomic mass is 35.5. The van der Waals surface area contributed by atoms with Gasteiger partial charge in [-0.15, -0.1) is 0 Å². The van der Waals surface area contributed by atoms with E-state index in [2.05, 4.69) is 5.32 Å². The molecule has 1 N–H and O–H groups in total. The second kappa shape index (κ2) is 6.86. The summed E-state index contributed by atoms with van der Waals surface area (Å²) in [5, 5.41) is 2.48. The van der Waals surface area contributed by atoms with Gasteiger partial charge in [-0.1, -0.05) is 17.7 Å². The summed E-state index contributed by atoms with van der Waals surface area (Å²) in [6.45, 7) is 1.66. The topological polar surface area (TPSA) is 15.3 Å². The van der Waals surface area contributed by atoms with Crippen LogP contribution in [0.1, 0.15) is 23.6 Å². The van der Waals surface area contributed by atoms with Crippen molar-refractivity contribution in [1.29, 1.82) is 0 Å². The molecule has 1 aliphatic heterocycles. The quantitative estimate of drug-likeness (QED) is 0.810. The van der Waals surface area contributed by atoms with Crippen LogP contribution in [0.2, 0.25) is 5.02 Å². The van der Waals surface area contributed by atoms with Crippen molar-refractivity contribution in [1.82, 2.24) is 10.2 Å². The van der Waals surface area contributed by atoms with Gasteiger partial charge in [-0.05, 0) is 17.7 Å². The van der Waals surface area contributed by atoms with Gasteiger partial charge in [0.25, 0.3) is 0 Å². The van der Waals surface area contributed by atoms with Gasteiger partial charge in [0.2, 0.25) is 0 Å². The summed E-state index contributed by atoms with van der Waals surface area (Å²) in [6.07, 6.45) is -10.4. The Kier molecular flexibility index (Phi) is 5.48. The second-order valence-corrected chi connectivity index (χ2v) is 5.77. The van der Waals surface area contributed by atoms with Gasteiger partial charge in [0.15, 0.2) is 0 Å². The van der Waals surface area contributed by atoms with Crippen molar-refractivity contribution in [3.8, 4) is 0 Å². The van der Waals surface area contributed by atoms with Crippen molar-refractivity contribution in [3.63, 3.8) is 0 Å². The van der Waals surface area contributed by atoms with E-state index < -0.39 is 35.4 Å². The van der Waals surface area contributed by atoms with Gasteiger partial charge in [0.05, 0.1) is 17.0 Å². The number of halogens is 7. The van der Waals surface area contributed by atoms with Crippen LogP contribution >= 0.6 is 11.6 Å². The van der Waals surface area contributed by atoms with Crippen molar-refractivity contribution in [2.24, 2.45) is 0 Å². The van der Waals surface area contributed by atoms with Gasteiger partial charge < -0.3 is 5.32 Å². The Morgan fingerprint density at radius 2 is 1.70 bits per heavy atom. The lowest BCUT2D eigenvalue weighted by Gasteiger charge is -2.36. The molecule has 1 aliphatic rings. The lowest BCUT2D eigenvalue weighted by Crippen LogP contribution is -2.46. The molecule has 2 nitrogen and oxygen atoms in total. The van der Waals surface area contributed by atoms with E-state index in [9.17, 15) is 26.3 Å². The van der Waals surface area contributed by atoms with Crippen molar-refractivity contribution >= 4 is 11.6 Å². The maximum Gasteiger partial charge on any atom is 0.417 e. The Morgan fingerprint density at radius 1 is 1.09 bits per heavy atom. The van der Waals surface area contributed by atoms with E-state index in [1.807, 2.05) is 0 Å². The van der Waals surface area contributed by atoms with E-state index in [4.69, 9.17) is 11.6 Å². The number of benzene rings is 1. The predicted molar refractivity (Wildman–Crippen MR) is 74.3 cm³/mol. The molecule has 1 saturated heterocycles. The number of alkyl halides is 6. The fourth-order valence-corrected chi connectivity index (χ4v) is 2.86. The van der Waals surface area contributed by atoms with E-state index in [1.54, 1.807) is 4.90 Å². The fourth-order valence-electron chi connectivity index (χ4n) is 2.64. The summed E-state index contributed by atoms with van der Waals surface area (Å²) in [4.78, 5) is 1.55. The molecule has 0 saturated carbocycles. The molecule has 1 aromatic rings. The van der Waals surface area contributed by atoms with Crippen molar-refractivity contribution in [2.45, 2.75) is 24.8 Å². The second-order valence-electron chi connectivity index (χ2n) is 5.36. The molecule has 0 aliphatic carbocycles. The van der Waals surface area contributed by atoms with E-state index >= 15 is 0 Å². The molecule has 1 fully saturated rings. The van der Waals surface area contributed by atoms with Gasteiger partial charge in [-0.2, -0.15) is 26.3 Å². The van der Waals surface area contributed by atoms with Gasteiger partial charge in [0.1, 0.15) is 0 Å². The van der Waals surface area contributed by atoms with Crippen molar-refractivity contribution in [2.75, 3.05) is 26.2 Å². The fraction of sp³-hybridized carbons (Fsp3) is 0.571. The van der Waals surface area contributed by atoms with Crippen LogP contribution in [0.25, 0.3) is 0 Å². The minimum absolute atomic E-state index is 0.0269. The number of hydrogen-bond acceptors (Lipinski definition) is 2. The van der Waals surface area contributed by atoms with Crippen molar-refractivity contribution < 1.29 is 26.3 Å². The van der Waals surface area contributed by atoms with Crippen LogP contribution in [0, 0.1) is 0 Å². The molecule has 1 aromatic carbocycles. The Hall–Kier alpha value is -0.990. The maximum absolute atomic E-state index is 12.9. The van der Waals surface area contributed by atoms with Gasteiger partial charge in [0, 0.05) is 32.2 Å². The van der Waals surface area contributed by atoms with Crippen LogP contribution in [-0.4, -0.2) is 37.3 Å². The molecule has 23 heavy (non-hydrogen) atoms. The zero-order valence-corrected chi connectivity index (χ0v) is 12.7. The minimum atomic E-state index is -4.71. The highest BCUT2D eigenvalue weighted by molar-refractivity contribution is 6.31. The van der Waals surface area contributed by atoms with Crippen LogP contribution in [0.15, 0.2) is 18.2 Å². The van der Waals surface area contributed by atoms with E-state index in [0.29, 0.717) is 26.2 Å². The lowest BCUT2D eigenvalue weighted by molar-refractivity contribution is -0.148. The molecule has 1 heterocycles. The number of nitrogens with one attached hydrogen (secondary N) is 1. The smallest absolute Gasteiger partial charge is 0.314 e. The summed E-state index contributed by atoms with van der Waals surface area (Å²) >= 11 is 5.54. The molecular formula is C14H15ClF6N2. The Balaban J connectivity index is 2.38. The molecular weight excluding hydrogens is 346 g/mol. The largest absolute Gasteiger partial charge is 0.417 e. The molecule has 0 spiro atoms. The van der Waals surface area contributed by atoms with Crippen LogP contribution in [0.5, 0.6) is 0 Å². The average molecular weight is 361 g/mol. The third kappa shape index (κ3) is 4.99. The van der Waals surface area contributed by atoms with Crippen LogP contribution in [0.4, 0.5) is 26.3 Å². The van der Waals surface area contributed by atoms with Gasteiger partial charge in [-0.25, -0.2) is 0 Å². The standard InChI is InChI=1S/C14H15ClF6N2/c15-11-2-1-9(7-10(11)14(19,20)21)12(8-13(16,17)18)23-5-3-22-4-6-23/h1-2,7,12,22H,3-6,8H2/t12-/m1/s1. The average Bonchev–Trinajstić information content (AvgIpc) is 2.44. The minimum Gasteiger partial charge on any atom is -0.314 e. The molecule has 0 aromatic heterocycles. The number of rotatable bonds is 3. The van der Waals surface area contributed by atoms with Crippen LogP contribution < -0.4 is 5.32 Å². The number of nitrogens with zero attached hydrogens (tertiary/aromatic N) is 1. The molecule has 2 rings (SSSR count). The third-order valence-corrected chi connectivity index (χ3v) is 4.03. The maximum atomic E-state index is 12.9. The molecule has 0 amide bonds. The van der Waals surface area contributed by atoms with Crippen LogP contribution in [-0.2, 0) is 6.18 Å². The first kappa shape index (κ1) is 18.4. The Morgan fingerprint density at radius 3 is 2.22 bits per heavy atom.